The Morgan fingerprint density at radius 1 is 1.28 bits per heavy atom. The van der Waals surface area contributed by atoms with E-state index in [1.54, 1.807) is 20.8 Å². The molecule has 0 bridgehead atoms. The van der Waals surface area contributed by atoms with Gasteiger partial charge < -0.3 is 25.7 Å². The topological polar surface area (TPSA) is 130 Å². The summed E-state index contributed by atoms with van der Waals surface area (Å²) in [5.74, 6) is -1.52. The fraction of sp³-hybridized carbons (Fsp3) is 0.625. The van der Waals surface area contributed by atoms with E-state index in [0.29, 0.717) is 0 Å². The van der Waals surface area contributed by atoms with Crippen molar-refractivity contribution in [1.82, 2.24) is 20.6 Å². The molecule has 0 spiro atoms. The summed E-state index contributed by atoms with van der Waals surface area (Å²) in [7, 11) is 0. The number of carbonyl (C=O) groups excluding carboxylic acids is 3. The van der Waals surface area contributed by atoms with Crippen molar-refractivity contribution in [2.75, 3.05) is 19.6 Å². The van der Waals surface area contributed by atoms with Gasteiger partial charge in [-0.3, -0.25) is 14.4 Å². The van der Waals surface area contributed by atoms with Crippen LogP contribution in [0.4, 0.5) is 0 Å². The van der Waals surface area contributed by atoms with Crippen LogP contribution in [0.3, 0.4) is 0 Å². The monoisotopic (exact) mass is 352 g/mol. The number of rotatable bonds is 5. The number of imidazole rings is 1. The first-order chi connectivity index (χ1) is 11.8. The van der Waals surface area contributed by atoms with Crippen LogP contribution >= 0.6 is 0 Å². The first kappa shape index (κ1) is 18.9. The minimum atomic E-state index is -0.627. The predicted molar refractivity (Wildman–Crippen MR) is 88.9 cm³/mol. The number of quaternary nitrogens is 1. The number of ether oxygens (including phenoxy) is 1. The van der Waals surface area contributed by atoms with Crippen LogP contribution in [0.2, 0.25) is 0 Å². The van der Waals surface area contributed by atoms with Crippen molar-refractivity contribution in [2.45, 2.75) is 45.3 Å². The molecule has 1 fully saturated rings. The number of aromatic nitrogens is 2. The fourth-order valence-electron chi connectivity index (χ4n) is 2.58. The molecule has 138 valence electrons. The van der Waals surface area contributed by atoms with Crippen LogP contribution in [0.5, 0.6) is 0 Å². The Morgan fingerprint density at radius 2 is 1.96 bits per heavy atom. The maximum atomic E-state index is 12.3. The maximum absolute atomic E-state index is 12.3. The SMILES string of the molecule is CC(C)(C)OC(=O)CNC(=O)c1[nH]cnc1C(=O)NC1CC[NH2+]CC1. The first-order valence-electron chi connectivity index (χ1n) is 8.42. The van der Waals surface area contributed by atoms with Crippen LogP contribution in [-0.2, 0) is 9.53 Å². The molecule has 2 heterocycles. The predicted octanol–water partition coefficient (Wildman–Crippen LogP) is -1.06. The quantitative estimate of drug-likeness (QED) is 0.502. The lowest BCUT2D eigenvalue weighted by atomic mass is 10.1. The van der Waals surface area contributed by atoms with Crippen molar-refractivity contribution in [3.05, 3.63) is 17.7 Å². The summed E-state index contributed by atoms with van der Waals surface area (Å²) in [5.41, 5.74) is -0.571. The zero-order valence-corrected chi connectivity index (χ0v) is 14.8. The molecule has 0 unspecified atom stereocenters. The molecule has 1 aliphatic heterocycles. The van der Waals surface area contributed by atoms with Gasteiger partial charge in [0, 0.05) is 18.9 Å². The van der Waals surface area contributed by atoms with Crippen molar-refractivity contribution >= 4 is 17.8 Å². The standard InChI is InChI=1S/C16H25N5O4/c1-16(2,3)25-11(22)8-18-14(23)12-13(20-9-19-12)15(24)21-10-4-6-17-7-5-10/h9-10,17H,4-8H2,1-3H3,(H,18,23)(H,19,20)(H,21,24)/p+1. The van der Waals surface area contributed by atoms with E-state index in [9.17, 15) is 14.4 Å². The van der Waals surface area contributed by atoms with Crippen molar-refractivity contribution in [3.63, 3.8) is 0 Å². The van der Waals surface area contributed by atoms with E-state index < -0.39 is 23.4 Å². The van der Waals surface area contributed by atoms with E-state index in [1.165, 1.54) is 6.33 Å². The van der Waals surface area contributed by atoms with Gasteiger partial charge in [-0.1, -0.05) is 0 Å². The number of aromatic amines is 1. The molecule has 9 nitrogen and oxygen atoms in total. The Balaban J connectivity index is 1.91. The molecule has 1 saturated heterocycles. The average Bonchev–Trinajstić information content (AvgIpc) is 3.01. The third kappa shape index (κ3) is 5.86. The summed E-state index contributed by atoms with van der Waals surface area (Å²) in [6.45, 7) is 6.88. The van der Waals surface area contributed by atoms with Crippen LogP contribution in [0.25, 0.3) is 0 Å². The summed E-state index contributed by atoms with van der Waals surface area (Å²) < 4.78 is 5.12. The Morgan fingerprint density at radius 3 is 2.60 bits per heavy atom. The number of amides is 2. The highest BCUT2D eigenvalue weighted by Gasteiger charge is 2.25. The molecule has 0 radical (unpaired) electrons. The summed E-state index contributed by atoms with van der Waals surface area (Å²) >= 11 is 0. The molecule has 1 aliphatic rings. The normalized spacial score (nSPS) is 15.5. The number of hydrogen-bond acceptors (Lipinski definition) is 5. The van der Waals surface area contributed by atoms with E-state index >= 15 is 0 Å². The third-order valence-corrected chi connectivity index (χ3v) is 3.67. The second kappa shape index (κ2) is 8.11. The van der Waals surface area contributed by atoms with Crippen LogP contribution in [0, 0.1) is 0 Å². The highest BCUT2D eigenvalue weighted by molar-refractivity contribution is 6.05. The van der Waals surface area contributed by atoms with Crippen LogP contribution < -0.4 is 16.0 Å². The number of H-pyrrole nitrogens is 1. The lowest BCUT2D eigenvalue weighted by Gasteiger charge is -2.21. The van der Waals surface area contributed by atoms with Gasteiger partial charge in [-0.05, 0) is 20.8 Å². The molecule has 0 atom stereocenters. The Kier molecular flexibility index (Phi) is 6.13. The largest absolute Gasteiger partial charge is 0.459 e. The van der Waals surface area contributed by atoms with Gasteiger partial charge in [-0.2, -0.15) is 0 Å². The van der Waals surface area contributed by atoms with Gasteiger partial charge in [0.2, 0.25) is 0 Å². The molecule has 1 aromatic heterocycles. The van der Waals surface area contributed by atoms with Crippen molar-refractivity contribution in [1.29, 1.82) is 0 Å². The first-order valence-corrected chi connectivity index (χ1v) is 8.42. The molecule has 1 aromatic rings. The Hall–Kier alpha value is -2.42. The zero-order valence-electron chi connectivity index (χ0n) is 14.8. The molecule has 5 N–H and O–H groups in total. The Labute approximate surface area is 146 Å². The summed E-state index contributed by atoms with van der Waals surface area (Å²) in [6.07, 6.45) is 3.05. The second-order valence-electron chi connectivity index (χ2n) is 7.01. The van der Waals surface area contributed by atoms with E-state index in [0.717, 1.165) is 25.9 Å². The van der Waals surface area contributed by atoms with E-state index in [4.69, 9.17) is 4.74 Å². The summed E-state index contributed by atoms with van der Waals surface area (Å²) in [5, 5.41) is 7.54. The number of nitrogens with two attached hydrogens (primary N) is 1. The smallest absolute Gasteiger partial charge is 0.325 e. The summed E-state index contributed by atoms with van der Waals surface area (Å²) in [4.78, 5) is 42.8. The van der Waals surface area contributed by atoms with Gasteiger partial charge in [0.1, 0.15) is 17.8 Å². The third-order valence-electron chi connectivity index (χ3n) is 3.67. The number of hydrogen-bond donors (Lipinski definition) is 4. The number of nitrogens with one attached hydrogen (secondary N) is 3. The highest BCUT2D eigenvalue weighted by Crippen LogP contribution is 2.08. The minimum Gasteiger partial charge on any atom is -0.459 e. The number of piperidine rings is 1. The van der Waals surface area contributed by atoms with E-state index in [2.05, 4.69) is 25.9 Å². The summed E-state index contributed by atoms with van der Waals surface area (Å²) in [6, 6.07) is 0.0897. The molecule has 2 amide bonds. The number of nitrogens with zero attached hydrogens (tertiary/aromatic N) is 1. The molecule has 0 saturated carbocycles. The average molecular weight is 352 g/mol. The number of esters is 1. The molecule has 25 heavy (non-hydrogen) atoms. The van der Waals surface area contributed by atoms with Crippen LogP contribution in [0.15, 0.2) is 6.33 Å². The van der Waals surface area contributed by atoms with Gasteiger partial charge in [0.25, 0.3) is 11.8 Å². The molecular weight excluding hydrogens is 326 g/mol. The second-order valence-corrected chi connectivity index (χ2v) is 7.01. The number of carbonyl (C=O) groups is 3. The molecule has 0 aliphatic carbocycles. The van der Waals surface area contributed by atoms with Crippen molar-refractivity contribution < 1.29 is 24.4 Å². The van der Waals surface area contributed by atoms with Crippen molar-refractivity contribution in [3.8, 4) is 0 Å². The fourth-order valence-corrected chi connectivity index (χ4v) is 2.58. The van der Waals surface area contributed by atoms with Gasteiger partial charge in [-0.25, -0.2) is 4.98 Å². The molecule has 2 rings (SSSR count). The van der Waals surface area contributed by atoms with Gasteiger partial charge in [0.15, 0.2) is 5.69 Å². The highest BCUT2D eigenvalue weighted by atomic mass is 16.6. The maximum Gasteiger partial charge on any atom is 0.325 e. The van der Waals surface area contributed by atoms with E-state index in [1.807, 2.05) is 0 Å². The van der Waals surface area contributed by atoms with Crippen LogP contribution in [-0.4, -0.2) is 59.0 Å². The molecule has 9 heteroatoms. The minimum absolute atomic E-state index is 0.0243. The van der Waals surface area contributed by atoms with Gasteiger partial charge in [0.05, 0.1) is 19.4 Å². The van der Waals surface area contributed by atoms with Crippen molar-refractivity contribution in [2.24, 2.45) is 0 Å². The van der Waals surface area contributed by atoms with Gasteiger partial charge >= 0.3 is 5.97 Å². The lowest BCUT2D eigenvalue weighted by molar-refractivity contribution is -0.663. The molecular formula is C16H26N5O4+. The lowest BCUT2D eigenvalue weighted by Crippen LogP contribution is -2.87. The van der Waals surface area contributed by atoms with Crippen LogP contribution in [0.1, 0.15) is 54.6 Å². The van der Waals surface area contributed by atoms with Gasteiger partial charge in [-0.15, -0.1) is 0 Å². The molecule has 0 aromatic carbocycles. The van der Waals surface area contributed by atoms with E-state index in [-0.39, 0.29) is 24.0 Å². The zero-order chi connectivity index (χ0) is 18.4. The Bertz CT molecular complexity index is 629.